The van der Waals surface area contributed by atoms with Crippen molar-refractivity contribution in [2.45, 2.75) is 77.0 Å². The molecule has 4 aromatic rings. The molecule has 2 saturated heterocycles. The number of rotatable bonds is 12. The van der Waals surface area contributed by atoms with E-state index in [4.69, 9.17) is 9.47 Å². The number of thiophene rings is 2. The van der Waals surface area contributed by atoms with Gasteiger partial charge in [0.05, 0.1) is 59.8 Å². The molecule has 0 saturated carbocycles. The highest BCUT2D eigenvalue weighted by atomic mass is 32.1. The number of ether oxygens (including phenoxy) is 2. The Morgan fingerprint density at radius 3 is 1.98 bits per heavy atom. The van der Waals surface area contributed by atoms with E-state index in [1.165, 1.54) is 14.2 Å². The molecule has 3 amide bonds. The maximum Gasteiger partial charge on any atom is 0.407 e. The summed E-state index contributed by atoms with van der Waals surface area (Å²) in [5, 5.41) is 8.81. The van der Waals surface area contributed by atoms with Crippen LogP contribution in [0.4, 0.5) is 9.59 Å². The molecule has 0 bridgehead atoms. The third-order valence-electron chi connectivity index (χ3n) is 9.79. The van der Waals surface area contributed by atoms with Gasteiger partial charge >= 0.3 is 12.2 Å². The minimum absolute atomic E-state index is 0.109. The molecule has 4 aromatic heterocycles. The Balaban J connectivity index is 1.17. The zero-order chi connectivity index (χ0) is 37.2. The van der Waals surface area contributed by atoms with E-state index in [1.54, 1.807) is 33.8 Å². The van der Waals surface area contributed by atoms with Crippen LogP contribution in [0, 0.1) is 11.8 Å². The first-order chi connectivity index (χ1) is 24.9. The van der Waals surface area contributed by atoms with Crippen LogP contribution in [0.25, 0.3) is 30.9 Å². The number of aromatic nitrogens is 4. The minimum Gasteiger partial charge on any atom is -0.453 e. The Labute approximate surface area is 310 Å². The maximum absolute atomic E-state index is 14.0. The summed E-state index contributed by atoms with van der Waals surface area (Å²) in [4.78, 5) is 73.8. The highest BCUT2D eigenvalue weighted by Gasteiger charge is 2.49. The molecule has 6 heterocycles. The van der Waals surface area contributed by atoms with E-state index in [1.807, 2.05) is 40.0 Å². The van der Waals surface area contributed by atoms with Crippen LogP contribution in [0.15, 0.2) is 36.7 Å². The molecule has 2 aliphatic heterocycles. The SMILES string of the molecule is COC(=O)N[C@@H](C(=O)N1CCC[C@H]1c1ncc(-c2ccc(-c3ccc(-c4cnc([C@]5(C(=O)[C@H](NC(=O)OC)C(C)C)CCCN5)[nH]4)s3)s2)[nH]1)C(C)C. The molecule has 0 aromatic carbocycles. The number of amides is 3. The summed E-state index contributed by atoms with van der Waals surface area (Å²) in [6.45, 7) is 8.84. The van der Waals surface area contributed by atoms with Crippen LogP contribution in [0.2, 0.25) is 0 Å². The lowest BCUT2D eigenvalue weighted by atomic mass is 9.83. The summed E-state index contributed by atoms with van der Waals surface area (Å²) < 4.78 is 9.55. The average molecular weight is 751 g/mol. The Morgan fingerprint density at radius 2 is 1.40 bits per heavy atom. The fourth-order valence-corrected chi connectivity index (χ4v) is 9.01. The lowest BCUT2D eigenvalue weighted by molar-refractivity contribution is -0.135. The van der Waals surface area contributed by atoms with Crippen molar-refractivity contribution < 1.29 is 28.7 Å². The Bertz CT molecular complexity index is 1900. The molecule has 4 atom stereocenters. The Hall–Kier alpha value is -4.54. The van der Waals surface area contributed by atoms with Crippen LogP contribution in [0.3, 0.4) is 0 Å². The topological polar surface area (TPSA) is 183 Å². The molecule has 14 nitrogen and oxygen atoms in total. The first-order valence-corrected chi connectivity index (χ1v) is 19.2. The third kappa shape index (κ3) is 7.36. The van der Waals surface area contributed by atoms with Crippen LogP contribution in [-0.2, 0) is 24.6 Å². The van der Waals surface area contributed by atoms with E-state index in [9.17, 15) is 19.2 Å². The number of nitrogens with zero attached hydrogens (tertiary/aromatic N) is 3. The number of nitrogens with one attached hydrogen (secondary N) is 5. The highest BCUT2D eigenvalue weighted by Crippen LogP contribution is 2.41. The van der Waals surface area contributed by atoms with Crippen LogP contribution in [0.1, 0.15) is 71.1 Å². The second-order valence-corrected chi connectivity index (χ2v) is 16.0. The molecule has 278 valence electrons. The van der Waals surface area contributed by atoms with Crippen molar-refractivity contribution in [2.24, 2.45) is 11.8 Å². The van der Waals surface area contributed by atoms with Crippen molar-refractivity contribution in [1.82, 2.24) is 40.8 Å². The molecule has 0 spiro atoms. The van der Waals surface area contributed by atoms with Crippen molar-refractivity contribution in [1.29, 1.82) is 0 Å². The van der Waals surface area contributed by atoms with Gasteiger partial charge in [-0.25, -0.2) is 19.6 Å². The number of likely N-dealkylation sites (tertiary alicyclic amines) is 1. The molecular weight excluding hydrogens is 705 g/mol. The Kier molecular flexibility index (Phi) is 11.2. The normalized spacial score (nSPS) is 19.9. The van der Waals surface area contributed by atoms with Gasteiger partial charge < -0.3 is 35.0 Å². The summed E-state index contributed by atoms with van der Waals surface area (Å²) in [5.74, 6) is 0.709. The summed E-state index contributed by atoms with van der Waals surface area (Å²) in [7, 11) is 2.57. The number of H-pyrrole nitrogens is 2. The zero-order valence-corrected chi connectivity index (χ0v) is 31.8. The van der Waals surface area contributed by atoms with Crippen molar-refractivity contribution in [2.75, 3.05) is 27.3 Å². The van der Waals surface area contributed by atoms with Crippen molar-refractivity contribution in [3.8, 4) is 30.9 Å². The van der Waals surface area contributed by atoms with Gasteiger partial charge in [-0.15, -0.1) is 22.7 Å². The number of aromatic amines is 2. The predicted molar refractivity (Wildman–Crippen MR) is 199 cm³/mol. The van der Waals surface area contributed by atoms with Crippen molar-refractivity contribution in [3.05, 3.63) is 48.3 Å². The number of methoxy groups -OCH3 is 2. The molecule has 52 heavy (non-hydrogen) atoms. The number of alkyl carbamates (subject to hydrolysis) is 2. The molecular formula is C36H46N8O6S2. The van der Waals surface area contributed by atoms with E-state index in [-0.39, 0.29) is 29.6 Å². The lowest BCUT2D eigenvalue weighted by Gasteiger charge is -2.32. The van der Waals surface area contributed by atoms with Gasteiger partial charge in [0, 0.05) is 16.3 Å². The smallest absolute Gasteiger partial charge is 0.407 e. The summed E-state index contributed by atoms with van der Waals surface area (Å²) in [6, 6.07) is 6.62. The van der Waals surface area contributed by atoms with Crippen LogP contribution in [-0.4, -0.2) is 88.1 Å². The fourth-order valence-electron chi connectivity index (χ4n) is 6.98. The van der Waals surface area contributed by atoms with Crippen molar-refractivity contribution >= 4 is 46.6 Å². The average Bonchev–Trinajstić information content (AvgIpc) is 3.98. The minimum atomic E-state index is -1.04. The quantitative estimate of drug-likeness (QED) is 0.119. The van der Waals surface area contributed by atoms with E-state index < -0.39 is 29.8 Å². The van der Waals surface area contributed by atoms with E-state index >= 15 is 0 Å². The number of ketones is 1. The van der Waals surface area contributed by atoms with Gasteiger partial charge in [-0.05, 0) is 68.3 Å². The molecule has 0 radical (unpaired) electrons. The summed E-state index contributed by atoms with van der Waals surface area (Å²) in [6.07, 6.45) is 5.28. The predicted octanol–water partition coefficient (Wildman–Crippen LogP) is 5.83. The molecule has 0 aliphatic carbocycles. The van der Waals surface area contributed by atoms with Gasteiger partial charge in [-0.3, -0.25) is 14.9 Å². The van der Waals surface area contributed by atoms with Crippen LogP contribution in [0.5, 0.6) is 0 Å². The van der Waals surface area contributed by atoms with Gasteiger partial charge in [-0.2, -0.15) is 0 Å². The highest BCUT2D eigenvalue weighted by molar-refractivity contribution is 7.25. The van der Waals surface area contributed by atoms with Crippen molar-refractivity contribution in [3.63, 3.8) is 0 Å². The van der Waals surface area contributed by atoms with Crippen LogP contribution >= 0.6 is 22.7 Å². The second-order valence-electron chi connectivity index (χ2n) is 13.9. The maximum atomic E-state index is 14.0. The molecule has 2 aliphatic rings. The molecule has 5 N–H and O–H groups in total. The lowest BCUT2D eigenvalue weighted by Crippen LogP contribution is -2.57. The molecule has 2 fully saturated rings. The second kappa shape index (κ2) is 15.6. The number of carbonyl (C=O) groups is 4. The fraction of sp³-hybridized carbons (Fsp3) is 0.500. The zero-order valence-electron chi connectivity index (χ0n) is 30.2. The standard InChI is InChI=1S/C36H46N8O6S2/c1-19(2)28(42-34(47)49-5)30(45)36(14-8-15-39-36)33-38-18-22(41-33)25-11-13-27(52-25)26-12-10-24(51-26)21-17-37-31(40-21)23-9-7-16-44(23)32(46)29(20(3)4)43-35(48)50-6/h10-13,17-20,23,28-29,39H,7-9,14-16H2,1-6H3,(H,37,40)(H,38,41)(H,42,47)(H,43,48)/t23-,28+,29+,36+/m0/s1. The first kappa shape index (κ1) is 37.2. The number of hydrogen-bond acceptors (Lipinski definition) is 11. The monoisotopic (exact) mass is 750 g/mol. The molecule has 16 heteroatoms. The number of hydrogen-bond donors (Lipinski definition) is 5. The summed E-state index contributed by atoms with van der Waals surface area (Å²) >= 11 is 3.27. The summed E-state index contributed by atoms with van der Waals surface area (Å²) in [5.41, 5.74) is 0.633. The van der Waals surface area contributed by atoms with E-state index in [2.05, 4.69) is 54.1 Å². The number of imidazole rings is 2. The van der Waals surface area contributed by atoms with Gasteiger partial charge in [0.1, 0.15) is 23.2 Å². The Morgan fingerprint density at radius 1 is 0.827 bits per heavy atom. The first-order valence-electron chi connectivity index (χ1n) is 17.6. The van der Waals surface area contributed by atoms with Gasteiger partial charge in [-0.1, -0.05) is 27.7 Å². The third-order valence-corrected chi connectivity index (χ3v) is 12.2. The molecule has 0 unspecified atom stereocenters. The largest absolute Gasteiger partial charge is 0.453 e. The van der Waals surface area contributed by atoms with Gasteiger partial charge in [0.2, 0.25) is 5.91 Å². The number of carbonyl (C=O) groups excluding carboxylic acids is 4. The van der Waals surface area contributed by atoms with Gasteiger partial charge in [0.25, 0.3) is 0 Å². The van der Waals surface area contributed by atoms with E-state index in [0.717, 1.165) is 56.0 Å². The van der Waals surface area contributed by atoms with Gasteiger partial charge in [0.15, 0.2) is 5.78 Å². The molecule has 6 rings (SSSR count). The number of Topliss-reactive ketones (excluding diaryl/α,β-unsaturated/α-hetero) is 1. The van der Waals surface area contributed by atoms with E-state index in [0.29, 0.717) is 25.3 Å². The van der Waals surface area contributed by atoms with Crippen LogP contribution < -0.4 is 16.0 Å².